The van der Waals surface area contributed by atoms with Crippen LogP contribution in [0.2, 0.25) is 5.02 Å². The molecule has 1 aromatic heterocycles. The van der Waals surface area contributed by atoms with E-state index in [1.807, 2.05) is 18.2 Å². The minimum atomic E-state index is -0.507. The van der Waals surface area contributed by atoms with Crippen molar-refractivity contribution in [1.82, 2.24) is 10.1 Å². The zero-order valence-electron chi connectivity index (χ0n) is 15.1. The fourth-order valence-electron chi connectivity index (χ4n) is 3.41. The highest BCUT2D eigenvalue weighted by Crippen LogP contribution is 2.32. The van der Waals surface area contributed by atoms with Gasteiger partial charge in [-0.2, -0.15) is 4.98 Å². The average molecular weight is 400 g/mol. The van der Waals surface area contributed by atoms with E-state index in [2.05, 4.69) is 22.3 Å². The summed E-state index contributed by atoms with van der Waals surface area (Å²) in [5.41, 5.74) is 1.85. The average Bonchev–Trinajstić information content (AvgIpc) is 3.32. The SMILES string of the molecule is O=C1CC(c2noc(CCCc3ccccc3)n2)CN1c1ccc(F)c(Cl)c1. The molecule has 3 aromatic rings. The molecule has 1 aliphatic rings. The lowest BCUT2D eigenvalue weighted by molar-refractivity contribution is -0.117. The lowest BCUT2D eigenvalue weighted by Crippen LogP contribution is -2.24. The van der Waals surface area contributed by atoms with E-state index < -0.39 is 5.82 Å². The van der Waals surface area contributed by atoms with Crippen LogP contribution >= 0.6 is 11.6 Å². The standard InChI is InChI=1S/C21H19ClFN3O2/c22-17-12-16(9-10-18(17)23)26-13-15(11-20(26)27)21-24-19(28-25-21)8-4-7-14-5-2-1-3-6-14/h1-3,5-6,9-10,12,15H,4,7-8,11,13H2. The van der Waals surface area contributed by atoms with Crippen LogP contribution in [0.25, 0.3) is 0 Å². The Kier molecular flexibility index (Phi) is 5.39. The fraction of sp³-hybridized carbons (Fsp3) is 0.286. The molecule has 0 N–H and O–H groups in total. The van der Waals surface area contributed by atoms with Gasteiger partial charge in [0.05, 0.1) is 5.02 Å². The third-order valence-corrected chi connectivity index (χ3v) is 5.18. The second-order valence-electron chi connectivity index (χ2n) is 6.89. The molecule has 1 fully saturated rings. The van der Waals surface area contributed by atoms with E-state index in [1.54, 1.807) is 11.0 Å². The zero-order valence-corrected chi connectivity index (χ0v) is 15.9. The van der Waals surface area contributed by atoms with Crippen LogP contribution in [0.15, 0.2) is 53.1 Å². The van der Waals surface area contributed by atoms with Gasteiger partial charge in [-0.25, -0.2) is 4.39 Å². The van der Waals surface area contributed by atoms with E-state index in [4.69, 9.17) is 16.1 Å². The Morgan fingerprint density at radius 1 is 1.18 bits per heavy atom. The number of hydrogen-bond donors (Lipinski definition) is 0. The Morgan fingerprint density at radius 3 is 2.79 bits per heavy atom. The number of rotatable bonds is 6. The predicted octanol–water partition coefficient (Wildman–Crippen LogP) is 4.56. The van der Waals surface area contributed by atoms with Crippen LogP contribution in [0, 0.1) is 5.82 Å². The molecule has 1 atom stereocenters. The van der Waals surface area contributed by atoms with E-state index >= 15 is 0 Å². The number of amides is 1. The molecule has 0 aliphatic carbocycles. The van der Waals surface area contributed by atoms with Gasteiger partial charge < -0.3 is 9.42 Å². The number of benzene rings is 2. The molecule has 0 bridgehead atoms. The Labute approximate surface area is 167 Å². The Bertz CT molecular complexity index is 977. The van der Waals surface area contributed by atoms with E-state index in [0.717, 1.165) is 12.8 Å². The van der Waals surface area contributed by atoms with Crippen LogP contribution < -0.4 is 4.90 Å². The van der Waals surface area contributed by atoms with Crippen molar-refractivity contribution in [2.45, 2.75) is 31.6 Å². The maximum atomic E-state index is 13.4. The van der Waals surface area contributed by atoms with Crippen LogP contribution in [0.5, 0.6) is 0 Å². The van der Waals surface area contributed by atoms with Gasteiger partial charge in [-0.15, -0.1) is 0 Å². The van der Waals surface area contributed by atoms with Crippen LogP contribution in [0.1, 0.15) is 36.0 Å². The van der Waals surface area contributed by atoms with Crippen molar-refractivity contribution >= 4 is 23.2 Å². The summed E-state index contributed by atoms with van der Waals surface area (Å²) < 4.78 is 18.7. The van der Waals surface area contributed by atoms with E-state index in [1.165, 1.54) is 17.7 Å². The minimum absolute atomic E-state index is 0.00554. The Hall–Kier alpha value is -2.73. The molecular weight excluding hydrogens is 381 g/mol. The summed E-state index contributed by atoms with van der Waals surface area (Å²) in [5, 5.41) is 4.06. The number of aromatic nitrogens is 2. The summed E-state index contributed by atoms with van der Waals surface area (Å²) in [6.07, 6.45) is 2.84. The summed E-state index contributed by atoms with van der Waals surface area (Å²) in [6.45, 7) is 0.420. The van der Waals surface area contributed by atoms with E-state index in [0.29, 0.717) is 30.4 Å². The molecule has 2 aromatic carbocycles. The van der Waals surface area contributed by atoms with Crippen molar-refractivity contribution < 1.29 is 13.7 Å². The normalized spacial score (nSPS) is 16.7. The highest BCUT2D eigenvalue weighted by molar-refractivity contribution is 6.31. The summed E-state index contributed by atoms with van der Waals surface area (Å²) in [4.78, 5) is 18.5. The maximum absolute atomic E-state index is 13.4. The molecule has 28 heavy (non-hydrogen) atoms. The number of halogens is 2. The summed E-state index contributed by atoms with van der Waals surface area (Å²) in [7, 11) is 0. The van der Waals surface area contributed by atoms with Crippen molar-refractivity contribution in [2.24, 2.45) is 0 Å². The predicted molar refractivity (Wildman–Crippen MR) is 104 cm³/mol. The third-order valence-electron chi connectivity index (χ3n) is 4.89. The number of anilines is 1. The molecule has 0 spiro atoms. The quantitative estimate of drug-likeness (QED) is 0.609. The first-order valence-electron chi connectivity index (χ1n) is 9.22. The zero-order chi connectivity index (χ0) is 19.5. The van der Waals surface area contributed by atoms with Crippen LogP contribution in [0.4, 0.5) is 10.1 Å². The van der Waals surface area contributed by atoms with Gasteiger partial charge in [-0.1, -0.05) is 47.1 Å². The monoisotopic (exact) mass is 399 g/mol. The maximum Gasteiger partial charge on any atom is 0.227 e. The number of carbonyl (C=O) groups excluding carboxylic acids is 1. The number of nitrogens with zero attached hydrogens (tertiary/aromatic N) is 3. The lowest BCUT2D eigenvalue weighted by atomic mass is 10.1. The fourth-order valence-corrected chi connectivity index (χ4v) is 3.58. The highest BCUT2D eigenvalue weighted by Gasteiger charge is 2.34. The highest BCUT2D eigenvalue weighted by atomic mass is 35.5. The van der Waals surface area contributed by atoms with Gasteiger partial charge in [-0.3, -0.25) is 4.79 Å². The minimum Gasteiger partial charge on any atom is -0.339 e. The largest absolute Gasteiger partial charge is 0.339 e. The van der Waals surface area contributed by atoms with Crippen molar-refractivity contribution in [3.05, 3.63) is 76.6 Å². The second kappa shape index (κ2) is 8.10. The Balaban J connectivity index is 1.37. The van der Waals surface area contributed by atoms with Gasteiger partial charge >= 0.3 is 0 Å². The molecule has 7 heteroatoms. The first-order valence-corrected chi connectivity index (χ1v) is 9.60. The molecule has 1 saturated heterocycles. The van der Waals surface area contributed by atoms with E-state index in [9.17, 15) is 9.18 Å². The van der Waals surface area contributed by atoms with Crippen molar-refractivity contribution in [1.29, 1.82) is 0 Å². The van der Waals surface area contributed by atoms with Gasteiger partial charge in [0.2, 0.25) is 11.8 Å². The van der Waals surface area contributed by atoms with Gasteiger partial charge in [0.15, 0.2) is 5.82 Å². The molecule has 1 amide bonds. The first kappa shape index (κ1) is 18.6. The van der Waals surface area contributed by atoms with Crippen LogP contribution in [-0.2, 0) is 17.6 Å². The van der Waals surface area contributed by atoms with Crippen molar-refractivity contribution in [3.8, 4) is 0 Å². The summed E-state index contributed by atoms with van der Waals surface area (Å²) >= 11 is 5.84. The van der Waals surface area contributed by atoms with E-state index in [-0.39, 0.29) is 23.3 Å². The molecule has 2 heterocycles. The van der Waals surface area contributed by atoms with Gasteiger partial charge in [0.25, 0.3) is 0 Å². The summed E-state index contributed by atoms with van der Waals surface area (Å²) in [5.74, 6) is 0.401. The number of carbonyl (C=O) groups is 1. The molecule has 0 radical (unpaired) electrons. The van der Waals surface area contributed by atoms with Crippen molar-refractivity contribution in [2.75, 3.05) is 11.4 Å². The number of aryl methyl sites for hydroxylation is 2. The molecule has 5 nitrogen and oxygen atoms in total. The summed E-state index contributed by atoms with van der Waals surface area (Å²) in [6, 6.07) is 14.5. The smallest absolute Gasteiger partial charge is 0.227 e. The second-order valence-corrected chi connectivity index (χ2v) is 7.30. The van der Waals surface area contributed by atoms with Crippen LogP contribution in [-0.4, -0.2) is 22.6 Å². The molecule has 1 unspecified atom stereocenters. The third kappa shape index (κ3) is 4.07. The van der Waals surface area contributed by atoms with Crippen LogP contribution in [0.3, 0.4) is 0 Å². The molecule has 1 aliphatic heterocycles. The van der Waals surface area contributed by atoms with Gasteiger partial charge in [-0.05, 0) is 36.6 Å². The van der Waals surface area contributed by atoms with Gasteiger partial charge in [0.1, 0.15) is 5.82 Å². The molecule has 0 saturated carbocycles. The van der Waals surface area contributed by atoms with Gasteiger partial charge in [0, 0.05) is 31.0 Å². The number of hydrogen-bond acceptors (Lipinski definition) is 4. The lowest BCUT2D eigenvalue weighted by Gasteiger charge is -2.16. The van der Waals surface area contributed by atoms with Crippen molar-refractivity contribution in [3.63, 3.8) is 0 Å². The first-order chi connectivity index (χ1) is 13.6. The topological polar surface area (TPSA) is 59.2 Å². The molecular formula is C21H19ClFN3O2. The molecule has 4 rings (SSSR count). The Morgan fingerprint density at radius 2 is 2.00 bits per heavy atom. The molecule has 144 valence electrons.